The van der Waals surface area contributed by atoms with Crippen molar-refractivity contribution >= 4 is 19.7 Å². The zero-order chi connectivity index (χ0) is 13.4. The van der Waals surface area contributed by atoms with Gasteiger partial charge in [0.2, 0.25) is 0 Å². The molecular formula is C11H21NO4S2. The van der Waals surface area contributed by atoms with Crippen LogP contribution in [0.15, 0.2) is 0 Å². The summed E-state index contributed by atoms with van der Waals surface area (Å²) in [5.41, 5.74) is 0. The normalized spacial score (nSPS) is 35.9. The van der Waals surface area contributed by atoms with Gasteiger partial charge >= 0.3 is 0 Å². The van der Waals surface area contributed by atoms with Crippen molar-refractivity contribution in [2.24, 2.45) is 0 Å². The first-order valence-electron chi connectivity index (χ1n) is 6.44. The van der Waals surface area contributed by atoms with Gasteiger partial charge in [-0.25, -0.2) is 16.8 Å². The quantitative estimate of drug-likeness (QED) is 0.797. The van der Waals surface area contributed by atoms with Crippen LogP contribution in [0.1, 0.15) is 32.1 Å². The largest absolute Gasteiger partial charge is 0.311 e. The number of hydrogen-bond acceptors (Lipinski definition) is 5. The molecule has 18 heavy (non-hydrogen) atoms. The van der Waals surface area contributed by atoms with Crippen molar-refractivity contribution in [3.05, 3.63) is 0 Å². The summed E-state index contributed by atoms with van der Waals surface area (Å²) in [5.74, 6) is 0.277. The lowest BCUT2D eigenvalue weighted by Crippen LogP contribution is -2.44. The Hall–Kier alpha value is -0.140. The molecule has 3 atom stereocenters. The van der Waals surface area contributed by atoms with Crippen LogP contribution in [0.4, 0.5) is 0 Å². The molecule has 7 heteroatoms. The van der Waals surface area contributed by atoms with Gasteiger partial charge in [-0.15, -0.1) is 0 Å². The lowest BCUT2D eigenvalue weighted by Gasteiger charge is -2.21. The summed E-state index contributed by atoms with van der Waals surface area (Å²) < 4.78 is 46.6. The van der Waals surface area contributed by atoms with E-state index in [1.807, 2.05) is 0 Å². The molecule has 106 valence electrons. The van der Waals surface area contributed by atoms with Crippen molar-refractivity contribution in [2.75, 3.05) is 18.6 Å². The Bertz CT molecular complexity index is 497. The first-order chi connectivity index (χ1) is 8.31. The standard InChI is InChI=1S/C11H21NO4S2/c1-17(13,14)11-6-2-5-10(11)12-8-9-4-3-7-18(9,15)16/h9-12H,2-8H2,1H3. The molecule has 1 aliphatic carbocycles. The van der Waals surface area contributed by atoms with E-state index < -0.39 is 19.7 Å². The highest BCUT2D eigenvalue weighted by Crippen LogP contribution is 2.26. The van der Waals surface area contributed by atoms with E-state index in [0.717, 1.165) is 19.3 Å². The molecule has 1 heterocycles. The van der Waals surface area contributed by atoms with Gasteiger partial charge in [-0.1, -0.05) is 6.42 Å². The fourth-order valence-corrected chi connectivity index (χ4v) is 6.24. The van der Waals surface area contributed by atoms with E-state index >= 15 is 0 Å². The van der Waals surface area contributed by atoms with E-state index in [1.165, 1.54) is 6.26 Å². The van der Waals surface area contributed by atoms with E-state index in [2.05, 4.69) is 5.32 Å². The van der Waals surface area contributed by atoms with Gasteiger partial charge in [0.1, 0.15) is 0 Å². The Morgan fingerprint density at radius 1 is 1.17 bits per heavy atom. The molecule has 2 rings (SSSR count). The maximum absolute atomic E-state index is 11.7. The minimum absolute atomic E-state index is 0.0733. The van der Waals surface area contributed by atoms with Gasteiger partial charge in [0.05, 0.1) is 16.3 Å². The van der Waals surface area contributed by atoms with Crippen LogP contribution in [0.2, 0.25) is 0 Å². The first kappa shape index (κ1) is 14.3. The summed E-state index contributed by atoms with van der Waals surface area (Å²) in [7, 11) is -5.98. The van der Waals surface area contributed by atoms with Crippen LogP contribution >= 0.6 is 0 Å². The van der Waals surface area contributed by atoms with Crippen molar-refractivity contribution < 1.29 is 16.8 Å². The Morgan fingerprint density at radius 3 is 2.44 bits per heavy atom. The predicted molar refractivity (Wildman–Crippen MR) is 71.1 cm³/mol. The third-order valence-electron chi connectivity index (χ3n) is 4.07. The highest BCUT2D eigenvalue weighted by molar-refractivity contribution is 7.92. The van der Waals surface area contributed by atoms with Gasteiger partial charge in [0, 0.05) is 18.8 Å². The zero-order valence-electron chi connectivity index (χ0n) is 10.6. The number of sulfone groups is 2. The molecule has 2 aliphatic rings. The summed E-state index contributed by atoms with van der Waals surface area (Å²) in [6.45, 7) is 0.402. The molecule has 1 saturated carbocycles. The van der Waals surface area contributed by atoms with E-state index in [9.17, 15) is 16.8 Å². The van der Waals surface area contributed by atoms with E-state index in [4.69, 9.17) is 0 Å². The lowest BCUT2D eigenvalue weighted by atomic mass is 10.2. The number of nitrogens with one attached hydrogen (secondary N) is 1. The zero-order valence-corrected chi connectivity index (χ0v) is 12.3. The summed E-state index contributed by atoms with van der Waals surface area (Å²) in [6.07, 6.45) is 5.11. The summed E-state index contributed by atoms with van der Waals surface area (Å²) in [5, 5.41) is 2.51. The Kier molecular flexibility index (Phi) is 4.04. The van der Waals surface area contributed by atoms with Crippen LogP contribution in [-0.4, -0.2) is 51.9 Å². The van der Waals surface area contributed by atoms with Crippen LogP contribution < -0.4 is 5.32 Å². The van der Waals surface area contributed by atoms with Crippen LogP contribution in [0.25, 0.3) is 0 Å². The fraction of sp³-hybridized carbons (Fsp3) is 1.00. The number of rotatable bonds is 4. The Morgan fingerprint density at radius 2 is 1.89 bits per heavy atom. The van der Waals surface area contributed by atoms with Crippen LogP contribution in [0.3, 0.4) is 0 Å². The minimum Gasteiger partial charge on any atom is -0.311 e. The topological polar surface area (TPSA) is 80.3 Å². The monoisotopic (exact) mass is 295 g/mol. The molecule has 0 amide bonds. The third kappa shape index (κ3) is 3.05. The van der Waals surface area contributed by atoms with Gasteiger partial charge in [-0.3, -0.25) is 0 Å². The fourth-order valence-electron chi connectivity index (χ4n) is 3.04. The van der Waals surface area contributed by atoms with Crippen molar-refractivity contribution in [1.82, 2.24) is 5.32 Å². The van der Waals surface area contributed by atoms with Gasteiger partial charge in [0.25, 0.3) is 0 Å². The molecule has 0 aromatic carbocycles. The Labute approximate surface area is 109 Å². The van der Waals surface area contributed by atoms with Crippen LogP contribution in [0, 0.1) is 0 Å². The van der Waals surface area contributed by atoms with Crippen molar-refractivity contribution in [1.29, 1.82) is 0 Å². The third-order valence-corrected chi connectivity index (χ3v) is 8.01. The van der Waals surface area contributed by atoms with Crippen LogP contribution in [0.5, 0.6) is 0 Å². The molecule has 3 unspecified atom stereocenters. The van der Waals surface area contributed by atoms with Crippen molar-refractivity contribution in [2.45, 2.75) is 48.6 Å². The SMILES string of the molecule is CS(=O)(=O)C1CCCC1NCC1CCCS1(=O)=O. The highest BCUT2D eigenvalue weighted by Gasteiger charge is 2.37. The smallest absolute Gasteiger partial charge is 0.154 e. The molecule has 0 spiro atoms. The van der Waals surface area contributed by atoms with Gasteiger partial charge in [-0.05, 0) is 25.7 Å². The second-order valence-corrected chi connectivity index (χ2v) is 10.1. The lowest BCUT2D eigenvalue weighted by molar-refractivity contribution is 0.496. The molecule has 5 nitrogen and oxygen atoms in total. The maximum atomic E-state index is 11.7. The molecule has 0 bridgehead atoms. The molecule has 0 aromatic heterocycles. The summed E-state index contributed by atoms with van der Waals surface area (Å²) in [6, 6.07) is -0.0733. The molecule has 1 N–H and O–H groups in total. The average Bonchev–Trinajstić information content (AvgIpc) is 2.80. The van der Waals surface area contributed by atoms with Gasteiger partial charge in [-0.2, -0.15) is 0 Å². The van der Waals surface area contributed by atoms with Crippen molar-refractivity contribution in [3.63, 3.8) is 0 Å². The maximum Gasteiger partial charge on any atom is 0.154 e. The Balaban J connectivity index is 1.94. The van der Waals surface area contributed by atoms with E-state index in [1.54, 1.807) is 0 Å². The van der Waals surface area contributed by atoms with Gasteiger partial charge < -0.3 is 5.32 Å². The summed E-state index contributed by atoms with van der Waals surface area (Å²) >= 11 is 0. The minimum atomic E-state index is -3.04. The van der Waals surface area contributed by atoms with Gasteiger partial charge in [0.15, 0.2) is 19.7 Å². The second-order valence-electron chi connectivity index (χ2n) is 5.44. The number of hydrogen-bond donors (Lipinski definition) is 1. The van der Waals surface area contributed by atoms with E-state index in [-0.39, 0.29) is 22.3 Å². The molecular weight excluding hydrogens is 274 g/mol. The first-order valence-corrected chi connectivity index (χ1v) is 10.1. The molecule has 0 radical (unpaired) electrons. The molecule has 0 aromatic rings. The molecule has 1 saturated heterocycles. The van der Waals surface area contributed by atoms with Crippen LogP contribution in [-0.2, 0) is 19.7 Å². The predicted octanol–water partition coefficient (Wildman–Crippen LogP) is 0.119. The van der Waals surface area contributed by atoms with E-state index in [0.29, 0.717) is 19.4 Å². The molecule has 1 aliphatic heterocycles. The average molecular weight is 295 g/mol. The highest BCUT2D eigenvalue weighted by atomic mass is 32.2. The molecule has 2 fully saturated rings. The second kappa shape index (κ2) is 5.09. The summed E-state index contributed by atoms with van der Waals surface area (Å²) in [4.78, 5) is 0. The van der Waals surface area contributed by atoms with Crippen molar-refractivity contribution in [3.8, 4) is 0 Å².